The van der Waals surface area contributed by atoms with Crippen molar-refractivity contribution in [3.05, 3.63) is 0 Å². The summed E-state index contributed by atoms with van der Waals surface area (Å²) in [6, 6.07) is 0. The molecule has 3 aliphatic heterocycles. The molecule has 0 aromatic carbocycles. The van der Waals surface area contributed by atoms with Gasteiger partial charge in [-0.05, 0) is 44.4 Å². The van der Waals surface area contributed by atoms with Gasteiger partial charge in [0.2, 0.25) is 5.91 Å². The van der Waals surface area contributed by atoms with E-state index in [0.29, 0.717) is 11.8 Å². The molecule has 3 saturated heterocycles. The van der Waals surface area contributed by atoms with E-state index in [2.05, 4.69) is 0 Å². The van der Waals surface area contributed by atoms with Crippen molar-refractivity contribution in [2.24, 2.45) is 5.92 Å². The fraction of sp³-hybridized carbons (Fsp3) is 0.875. The Morgan fingerprint density at radius 1 is 1.10 bits per heavy atom. The van der Waals surface area contributed by atoms with Gasteiger partial charge in [-0.25, -0.2) is 0 Å². The van der Waals surface area contributed by atoms with Gasteiger partial charge in [0.05, 0.1) is 0 Å². The molecule has 5 heteroatoms. The molecular weight excluding hydrogens is 268 g/mol. The summed E-state index contributed by atoms with van der Waals surface area (Å²) in [5.41, 5.74) is 0. The van der Waals surface area contributed by atoms with Crippen LogP contribution < -0.4 is 0 Å². The molecule has 3 aliphatic rings. The molecule has 21 heavy (non-hydrogen) atoms. The summed E-state index contributed by atoms with van der Waals surface area (Å²) >= 11 is 0. The molecule has 3 heterocycles. The number of ether oxygens (including phenoxy) is 1. The molecular formula is C16H26N2O3. The molecule has 1 atom stereocenters. The van der Waals surface area contributed by atoms with Gasteiger partial charge in [0, 0.05) is 39.2 Å². The van der Waals surface area contributed by atoms with Crippen LogP contribution in [0.5, 0.6) is 0 Å². The van der Waals surface area contributed by atoms with Crippen LogP contribution in [0.4, 0.5) is 0 Å². The summed E-state index contributed by atoms with van der Waals surface area (Å²) in [6.45, 7) is 4.19. The zero-order chi connectivity index (χ0) is 14.7. The van der Waals surface area contributed by atoms with Crippen molar-refractivity contribution in [2.45, 2.75) is 51.0 Å². The number of rotatable bonds is 3. The van der Waals surface area contributed by atoms with Crippen LogP contribution in [0.3, 0.4) is 0 Å². The zero-order valence-corrected chi connectivity index (χ0v) is 12.8. The number of hydrogen-bond donors (Lipinski definition) is 0. The largest absolute Gasteiger partial charge is 0.368 e. The molecule has 0 aromatic heterocycles. The average Bonchev–Trinajstić information content (AvgIpc) is 3.04. The van der Waals surface area contributed by atoms with Gasteiger partial charge in [-0.1, -0.05) is 0 Å². The second-order valence-electron chi connectivity index (χ2n) is 6.57. The highest BCUT2D eigenvalue weighted by Crippen LogP contribution is 2.23. The Labute approximate surface area is 126 Å². The Bertz CT molecular complexity index is 385. The van der Waals surface area contributed by atoms with Crippen LogP contribution in [-0.2, 0) is 14.3 Å². The van der Waals surface area contributed by atoms with Gasteiger partial charge < -0.3 is 14.5 Å². The summed E-state index contributed by atoms with van der Waals surface area (Å²) in [7, 11) is 0. The first-order valence-corrected chi connectivity index (χ1v) is 8.42. The Kier molecular flexibility index (Phi) is 4.78. The molecule has 0 bridgehead atoms. The van der Waals surface area contributed by atoms with E-state index in [1.807, 2.05) is 9.80 Å². The van der Waals surface area contributed by atoms with Crippen molar-refractivity contribution >= 4 is 11.8 Å². The number of carbonyl (C=O) groups excluding carboxylic acids is 2. The monoisotopic (exact) mass is 294 g/mol. The first-order valence-electron chi connectivity index (χ1n) is 8.42. The number of nitrogens with zero attached hydrogens (tertiary/aromatic N) is 2. The van der Waals surface area contributed by atoms with E-state index in [4.69, 9.17) is 4.74 Å². The van der Waals surface area contributed by atoms with E-state index in [0.717, 1.165) is 77.7 Å². The van der Waals surface area contributed by atoms with E-state index in [1.54, 1.807) is 0 Å². The van der Waals surface area contributed by atoms with Gasteiger partial charge in [0.25, 0.3) is 5.91 Å². The van der Waals surface area contributed by atoms with Gasteiger partial charge >= 0.3 is 0 Å². The fourth-order valence-corrected chi connectivity index (χ4v) is 3.68. The third-order valence-electron chi connectivity index (χ3n) is 5.03. The second-order valence-corrected chi connectivity index (χ2v) is 6.57. The van der Waals surface area contributed by atoms with Crippen molar-refractivity contribution in [3.63, 3.8) is 0 Å². The molecule has 0 unspecified atom stereocenters. The standard InChI is InChI=1S/C16H26N2O3/c19-15-5-1-2-8-18(15)12-13-6-9-17(10-7-13)16(20)14-4-3-11-21-14/h13-14H,1-12H2/t14-/m0/s1. The normalized spacial score (nSPS) is 28.2. The molecule has 0 N–H and O–H groups in total. The second kappa shape index (κ2) is 6.77. The minimum Gasteiger partial charge on any atom is -0.368 e. The molecule has 0 spiro atoms. The molecule has 118 valence electrons. The summed E-state index contributed by atoms with van der Waals surface area (Å²) in [5, 5.41) is 0. The van der Waals surface area contributed by atoms with Crippen LogP contribution >= 0.6 is 0 Å². The first-order chi connectivity index (χ1) is 10.2. The zero-order valence-electron chi connectivity index (χ0n) is 12.8. The van der Waals surface area contributed by atoms with Gasteiger partial charge in [-0.15, -0.1) is 0 Å². The van der Waals surface area contributed by atoms with Crippen LogP contribution in [0.1, 0.15) is 44.9 Å². The summed E-state index contributed by atoms with van der Waals surface area (Å²) < 4.78 is 5.49. The average molecular weight is 294 g/mol. The molecule has 2 amide bonds. The van der Waals surface area contributed by atoms with Crippen molar-refractivity contribution in [2.75, 3.05) is 32.8 Å². The Balaban J connectivity index is 1.44. The predicted molar refractivity (Wildman–Crippen MR) is 78.7 cm³/mol. The molecule has 3 fully saturated rings. The maximum atomic E-state index is 12.3. The topological polar surface area (TPSA) is 49.9 Å². The Hall–Kier alpha value is -1.10. The highest BCUT2D eigenvalue weighted by Gasteiger charge is 2.31. The van der Waals surface area contributed by atoms with Gasteiger partial charge in [0.15, 0.2) is 0 Å². The highest BCUT2D eigenvalue weighted by molar-refractivity contribution is 5.81. The smallest absolute Gasteiger partial charge is 0.251 e. The maximum Gasteiger partial charge on any atom is 0.251 e. The van der Waals surface area contributed by atoms with Crippen LogP contribution in [0.2, 0.25) is 0 Å². The van der Waals surface area contributed by atoms with E-state index >= 15 is 0 Å². The third-order valence-corrected chi connectivity index (χ3v) is 5.03. The van der Waals surface area contributed by atoms with Crippen LogP contribution in [0.15, 0.2) is 0 Å². The maximum absolute atomic E-state index is 12.3. The lowest BCUT2D eigenvalue weighted by molar-refractivity contribution is -0.143. The quantitative estimate of drug-likeness (QED) is 0.791. The number of piperidine rings is 2. The lowest BCUT2D eigenvalue weighted by atomic mass is 9.94. The van der Waals surface area contributed by atoms with Crippen LogP contribution in [0.25, 0.3) is 0 Å². The van der Waals surface area contributed by atoms with Gasteiger partial charge in [0.1, 0.15) is 6.10 Å². The summed E-state index contributed by atoms with van der Waals surface area (Å²) in [6.07, 6.45) is 6.63. The van der Waals surface area contributed by atoms with Crippen LogP contribution in [0, 0.1) is 5.92 Å². The van der Waals surface area contributed by atoms with E-state index in [1.165, 1.54) is 0 Å². The molecule has 3 rings (SSSR count). The molecule has 0 saturated carbocycles. The van der Waals surface area contributed by atoms with Gasteiger partial charge in [-0.3, -0.25) is 9.59 Å². The lowest BCUT2D eigenvalue weighted by Gasteiger charge is -2.36. The van der Waals surface area contributed by atoms with E-state index in [-0.39, 0.29) is 12.0 Å². The SMILES string of the molecule is O=C1CCCCN1CC1CCN(C(=O)[C@@H]2CCCO2)CC1. The molecule has 0 aliphatic carbocycles. The van der Waals surface area contributed by atoms with Crippen molar-refractivity contribution in [1.82, 2.24) is 9.80 Å². The van der Waals surface area contributed by atoms with Crippen molar-refractivity contribution < 1.29 is 14.3 Å². The van der Waals surface area contributed by atoms with Gasteiger partial charge in [-0.2, -0.15) is 0 Å². The number of likely N-dealkylation sites (tertiary alicyclic amines) is 2. The Morgan fingerprint density at radius 3 is 2.57 bits per heavy atom. The van der Waals surface area contributed by atoms with Crippen molar-refractivity contribution in [1.29, 1.82) is 0 Å². The predicted octanol–water partition coefficient (Wildman–Crippen LogP) is 1.42. The number of carbonyl (C=O) groups is 2. The van der Waals surface area contributed by atoms with E-state index < -0.39 is 0 Å². The fourth-order valence-electron chi connectivity index (χ4n) is 3.68. The molecule has 0 aromatic rings. The lowest BCUT2D eigenvalue weighted by Crippen LogP contribution is -2.46. The third kappa shape index (κ3) is 3.57. The number of hydrogen-bond acceptors (Lipinski definition) is 3. The highest BCUT2D eigenvalue weighted by atomic mass is 16.5. The van der Waals surface area contributed by atoms with Crippen LogP contribution in [-0.4, -0.2) is 60.5 Å². The minimum absolute atomic E-state index is 0.181. The Morgan fingerprint density at radius 2 is 1.90 bits per heavy atom. The first kappa shape index (κ1) is 14.8. The minimum atomic E-state index is -0.190. The molecule has 0 radical (unpaired) electrons. The van der Waals surface area contributed by atoms with E-state index in [9.17, 15) is 9.59 Å². The summed E-state index contributed by atoms with van der Waals surface area (Å²) in [5.74, 6) is 1.06. The number of amides is 2. The van der Waals surface area contributed by atoms with Crippen molar-refractivity contribution in [3.8, 4) is 0 Å². The summed E-state index contributed by atoms with van der Waals surface area (Å²) in [4.78, 5) is 28.1. The molecule has 5 nitrogen and oxygen atoms in total.